The summed E-state index contributed by atoms with van der Waals surface area (Å²) >= 11 is 6.02. The van der Waals surface area contributed by atoms with Crippen molar-refractivity contribution in [3.05, 3.63) is 77.1 Å². The maximum atomic E-state index is 13.1. The van der Waals surface area contributed by atoms with Gasteiger partial charge < -0.3 is 5.32 Å². The molecule has 7 nitrogen and oxygen atoms in total. The van der Waals surface area contributed by atoms with Gasteiger partial charge in [0.25, 0.3) is 5.91 Å². The maximum absolute atomic E-state index is 13.1. The Morgan fingerprint density at radius 1 is 1.19 bits per heavy atom. The number of halogens is 2. The Labute approximate surface area is 152 Å². The van der Waals surface area contributed by atoms with E-state index in [1.807, 2.05) is 0 Å². The van der Waals surface area contributed by atoms with E-state index in [1.54, 1.807) is 47.5 Å². The number of nitrogens with zero attached hydrogens (tertiary/aromatic N) is 5. The zero-order valence-electron chi connectivity index (χ0n) is 13.3. The molecule has 0 aliphatic carbocycles. The van der Waals surface area contributed by atoms with Crippen molar-refractivity contribution in [1.29, 1.82) is 0 Å². The molecule has 0 fully saturated rings. The average Bonchev–Trinajstić information content (AvgIpc) is 3.24. The van der Waals surface area contributed by atoms with Gasteiger partial charge in [0.05, 0.1) is 6.54 Å². The summed E-state index contributed by atoms with van der Waals surface area (Å²) in [6.07, 6.45) is 5.03. The summed E-state index contributed by atoms with van der Waals surface area (Å²) in [6.45, 7) is 0.354. The van der Waals surface area contributed by atoms with Crippen LogP contribution in [0.25, 0.3) is 5.65 Å². The number of fused-ring (bicyclic) bond motifs is 1. The molecule has 0 spiro atoms. The Bertz CT molecular complexity index is 1070. The quantitative estimate of drug-likeness (QED) is 0.599. The van der Waals surface area contributed by atoms with Crippen molar-refractivity contribution in [3.8, 4) is 0 Å². The van der Waals surface area contributed by atoms with Crippen molar-refractivity contribution in [2.75, 3.05) is 5.32 Å². The van der Waals surface area contributed by atoms with Gasteiger partial charge in [0, 0.05) is 35.7 Å². The van der Waals surface area contributed by atoms with Gasteiger partial charge in [-0.25, -0.2) is 13.9 Å². The molecule has 0 aliphatic rings. The van der Waals surface area contributed by atoms with Crippen LogP contribution >= 0.6 is 11.6 Å². The van der Waals surface area contributed by atoms with E-state index in [0.717, 1.165) is 5.56 Å². The topological polar surface area (TPSA) is 77.1 Å². The van der Waals surface area contributed by atoms with Crippen molar-refractivity contribution in [1.82, 2.24) is 24.4 Å². The first kappa shape index (κ1) is 16.2. The number of carbonyl (C=O) groups excluding carboxylic acids is 1. The van der Waals surface area contributed by atoms with Crippen molar-refractivity contribution in [2.24, 2.45) is 0 Å². The lowest BCUT2D eigenvalue weighted by molar-refractivity contribution is 0.102. The predicted octanol–water partition coefficient (Wildman–Crippen LogP) is 3.02. The highest BCUT2D eigenvalue weighted by molar-refractivity contribution is 6.31. The highest BCUT2D eigenvalue weighted by Gasteiger charge is 2.13. The van der Waals surface area contributed by atoms with Crippen LogP contribution in [0.5, 0.6) is 0 Å². The van der Waals surface area contributed by atoms with Crippen molar-refractivity contribution >= 4 is 29.0 Å². The van der Waals surface area contributed by atoms with Gasteiger partial charge in [0.15, 0.2) is 17.2 Å². The summed E-state index contributed by atoms with van der Waals surface area (Å²) in [5, 5.41) is 11.4. The van der Waals surface area contributed by atoms with Crippen molar-refractivity contribution < 1.29 is 9.18 Å². The molecule has 4 aromatic rings. The second kappa shape index (κ2) is 6.57. The van der Waals surface area contributed by atoms with Crippen LogP contribution in [-0.2, 0) is 6.54 Å². The van der Waals surface area contributed by atoms with E-state index in [1.165, 1.54) is 16.6 Å². The molecule has 0 saturated carbocycles. The molecular weight excluding hydrogens is 359 g/mol. The molecule has 0 atom stereocenters. The Morgan fingerprint density at radius 3 is 2.88 bits per heavy atom. The lowest BCUT2D eigenvalue weighted by Crippen LogP contribution is -2.13. The van der Waals surface area contributed by atoms with Crippen LogP contribution < -0.4 is 5.32 Å². The van der Waals surface area contributed by atoms with Gasteiger partial charge in [0.2, 0.25) is 0 Å². The SMILES string of the molecule is O=C(Nc1ccn(Cc2ccc(F)cc2Cl)n1)c1cc2ncccn2n1. The number of aromatic nitrogens is 5. The van der Waals surface area contributed by atoms with Crippen molar-refractivity contribution in [2.45, 2.75) is 6.54 Å². The average molecular weight is 371 g/mol. The smallest absolute Gasteiger partial charge is 0.277 e. The van der Waals surface area contributed by atoms with E-state index < -0.39 is 5.82 Å². The molecule has 0 bridgehead atoms. The number of benzene rings is 1. The minimum Gasteiger partial charge on any atom is -0.304 e. The first-order valence-corrected chi connectivity index (χ1v) is 8.05. The van der Waals surface area contributed by atoms with Gasteiger partial charge in [-0.15, -0.1) is 0 Å². The monoisotopic (exact) mass is 370 g/mol. The normalized spacial score (nSPS) is 11.0. The molecule has 0 saturated heterocycles. The minimum atomic E-state index is -0.394. The second-order valence-electron chi connectivity index (χ2n) is 5.54. The third kappa shape index (κ3) is 3.27. The summed E-state index contributed by atoms with van der Waals surface area (Å²) in [5.41, 5.74) is 1.54. The van der Waals surface area contributed by atoms with Gasteiger partial charge in [-0.05, 0) is 23.8 Å². The molecule has 0 radical (unpaired) electrons. The summed E-state index contributed by atoms with van der Waals surface area (Å²) < 4.78 is 16.2. The fourth-order valence-corrected chi connectivity index (χ4v) is 2.69. The maximum Gasteiger partial charge on any atom is 0.277 e. The molecule has 130 valence electrons. The number of hydrogen-bond donors (Lipinski definition) is 1. The van der Waals surface area contributed by atoms with E-state index in [-0.39, 0.29) is 11.6 Å². The van der Waals surface area contributed by atoms with Gasteiger partial charge in [-0.3, -0.25) is 9.48 Å². The van der Waals surface area contributed by atoms with Gasteiger partial charge in [0.1, 0.15) is 5.82 Å². The van der Waals surface area contributed by atoms with Gasteiger partial charge in [-0.2, -0.15) is 10.2 Å². The molecule has 4 rings (SSSR count). The summed E-state index contributed by atoms with van der Waals surface area (Å²) in [5.74, 6) is -0.409. The van der Waals surface area contributed by atoms with Crippen molar-refractivity contribution in [3.63, 3.8) is 0 Å². The Hall–Kier alpha value is -3.26. The number of amides is 1. The van der Waals surface area contributed by atoms with Crippen LogP contribution in [0.15, 0.2) is 55.0 Å². The van der Waals surface area contributed by atoms with Crippen LogP contribution in [0.1, 0.15) is 16.1 Å². The first-order valence-electron chi connectivity index (χ1n) is 7.67. The summed E-state index contributed by atoms with van der Waals surface area (Å²) in [4.78, 5) is 16.4. The van der Waals surface area contributed by atoms with E-state index >= 15 is 0 Å². The van der Waals surface area contributed by atoms with E-state index in [0.29, 0.717) is 23.0 Å². The Balaban J connectivity index is 1.48. The summed E-state index contributed by atoms with van der Waals surface area (Å²) in [7, 11) is 0. The lowest BCUT2D eigenvalue weighted by atomic mass is 10.2. The van der Waals surface area contributed by atoms with E-state index in [9.17, 15) is 9.18 Å². The van der Waals surface area contributed by atoms with E-state index in [2.05, 4.69) is 20.5 Å². The van der Waals surface area contributed by atoms with Crippen LogP contribution in [-0.4, -0.2) is 30.3 Å². The van der Waals surface area contributed by atoms with Crippen LogP contribution in [0.2, 0.25) is 5.02 Å². The fraction of sp³-hybridized carbons (Fsp3) is 0.0588. The zero-order valence-corrected chi connectivity index (χ0v) is 14.1. The van der Waals surface area contributed by atoms with E-state index in [4.69, 9.17) is 11.6 Å². The third-order valence-electron chi connectivity index (χ3n) is 3.70. The van der Waals surface area contributed by atoms with Gasteiger partial charge in [-0.1, -0.05) is 17.7 Å². The fourth-order valence-electron chi connectivity index (χ4n) is 2.46. The molecule has 3 aromatic heterocycles. The molecule has 3 heterocycles. The highest BCUT2D eigenvalue weighted by atomic mass is 35.5. The molecule has 1 aromatic carbocycles. The molecule has 0 unspecified atom stereocenters. The van der Waals surface area contributed by atoms with Crippen LogP contribution in [0.4, 0.5) is 10.2 Å². The van der Waals surface area contributed by atoms with Gasteiger partial charge >= 0.3 is 0 Å². The number of carbonyl (C=O) groups is 1. The summed E-state index contributed by atoms with van der Waals surface area (Å²) in [6, 6.07) is 9.16. The lowest BCUT2D eigenvalue weighted by Gasteiger charge is -2.04. The Kier molecular flexibility index (Phi) is 4.10. The minimum absolute atomic E-state index is 0.236. The number of anilines is 1. The molecule has 1 N–H and O–H groups in total. The molecular formula is C17H12ClFN6O. The number of hydrogen-bond acceptors (Lipinski definition) is 4. The highest BCUT2D eigenvalue weighted by Crippen LogP contribution is 2.18. The third-order valence-corrected chi connectivity index (χ3v) is 4.05. The standard InChI is InChI=1S/C17H12ClFN6O/c18-13-8-12(19)3-2-11(13)10-24-7-4-15(23-24)21-17(26)14-9-16-20-5-1-6-25(16)22-14/h1-9H,10H2,(H,21,23,26). The van der Waals surface area contributed by atoms with Crippen LogP contribution in [0.3, 0.4) is 0 Å². The molecule has 1 amide bonds. The van der Waals surface area contributed by atoms with Crippen LogP contribution in [0, 0.1) is 5.82 Å². The zero-order chi connectivity index (χ0) is 18.1. The predicted molar refractivity (Wildman–Crippen MR) is 93.7 cm³/mol. The molecule has 9 heteroatoms. The second-order valence-corrected chi connectivity index (χ2v) is 5.95. The Morgan fingerprint density at radius 2 is 2.08 bits per heavy atom. The number of nitrogens with one attached hydrogen (secondary N) is 1. The molecule has 26 heavy (non-hydrogen) atoms. The molecule has 0 aliphatic heterocycles. The first-order chi connectivity index (χ1) is 12.6. The number of rotatable bonds is 4. The largest absolute Gasteiger partial charge is 0.304 e.